The number of ether oxygens (including phenoxy) is 1. The van der Waals surface area contributed by atoms with Crippen LogP contribution in [0.4, 0.5) is 5.69 Å². The average molecular weight is 302 g/mol. The van der Waals surface area contributed by atoms with E-state index in [9.17, 15) is 4.79 Å². The number of aromatic nitrogens is 3. The SMILES string of the molecule is CC(C)COc1ccccc1NC(=O)CCCn1cncn1. The lowest BCUT2D eigenvalue weighted by atomic mass is 10.2. The van der Waals surface area contributed by atoms with E-state index in [1.807, 2.05) is 24.3 Å². The molecule has 0 aliphatic rings. The molecule has 1 N–H and O–H groups in total. The molecule has 118 valence electrons. The number of hydrogen-bond donors (Lipinski definition) is 1. The van der Waals surface area contributed by atoms with Gasteiger partial charge in [-0.1, -0.05) is 26.0 Å². The Morgan fingerprint density at radius 3 is 2.91 bits per heavy atom. The molecule has 0 saturated carbocycles. The molecule has 22 heavy (non-hydrogen) atoms. The van der Waals surface area contributed by atoms with Crippen LogP contribution in [-0.4, -0.2) is 27.3 Å². The molecule has 0 radical (unpaired) electrons. The summed E-state index contributed by atoms with van der Waals surface area (Å²) in [7, 11) is 0. The standard InChI is InChI=1S/C16H22N4O2/c1-13(2)10-22-15-7-4-3-6-14(15)19-16(21)8-5-9-20-12-17-11-18-20/h3-4,6-7,11-13H,5,8-10H2,1-2H3,(H,19,21). The smallest absolute Gasteiger partial charge is 0.224 e. The lowest BCUT2D eigenvalue weighted by Gasteiger charge is -2.13. The number of amides is 1. The molecule has 0 fully saturated rings. The van der Waals surface area contributed by atoms with Crippen molar-refractivity contribution in [2.75, 3.05) is 11.9 Å². The second kappa shape index (κ2) is 8.17. The molecule has 1 aromatic heterocycles. The number of nitrogens with one attached hydrogen (secondary N) is 1. The van der Waals surface area contributed by atoms with Crippen LogP contribution in [0.25, 0.3) is 0 Å². The number of rotatable bonds is 8. The second-order valence-electron chi connectivity index (χ2n) is 5.51. The van der Waals surface area contributed by atoms with Gasteiger partial charge in [-0.3, -0.25) is 9.48 Å². The maximum atomic E-state index is 12.0. The molecular weight excluding hydrogens is 280 g/mol. The molecule has 1 heterocycles. The molecule has 0 unspecified atom stereocenters. The van der Waals surface area contributed by atoms with Crippen LogP contribution in [0, 0.1) is 5.92 Å². The van der Waals surface area contributed by atoms with Crippen molar-refractivity contribution in [3.63, 3.8) is 0 Å². The zero-order valence-corrected chi connectivity index (χ0v) is 13.0. The van der Waals surface area contributed by atoms with Crippen molar-refractivity contribution in [1.29, 1.82) is 0 Å². The molecule has 2 aromatic rings. The van der Waals surface area contributed by atoms with Gasteiger partial charge in [-0.15, -0.1) is 0 Å². The van der Waals surface area contributed by atoms with Crippen LogP contribution < -0.4 is 10.1 Å². The van der Waals surface area contributed by atoms with Crippen molar-refractivity contribution < 1.29 is 9.53 Å². The van der Waals surface area contributed by atoms with Crippen LogP contribution in [0.3, 0.4) is 0 Å². The number of carbonyl (C=O) groups excluding carboxylic acids is 1. The highest BCUT2D eigenvalue weighted by atomic mass is 16.5. The van der Waals surface area contributed by atoms with Gasteiger partial charge in [-0.05, 0) is 24.5 Å². The summed E-state index contributed by atoms with van der Waals surface area (Å²) in [4.78, 5) is 15.9. The van der Waals surface area contributed by atoms with E-state index >= 15 is 0 Å². The predicted molar refractivity (Wildman–Crippen MR) is 84.7 cm³/mol. The minimum Gasteiger partial charge on any atom is -0.491 e. The maximum absolute atomic E-state index is 12.0. The summed E-state index contributed by atoms with van der Waals surface area (Å²) in [5.41, 5.74) is 0.717. The molecule has 6 heteroatoms. The lowest BCUT2D eigenvalue weighted by Crippen LogP contribution is -2.14. The van der Waals surface area contributed by atoms with Crippen LogP contribution in [-0.2, 0) is 11.3 Å². The Morgan fingerprint density at radius 2 is 2.18 bits per heavy atom. The van der Waals surface area contributed by atoms with Gasteiger partial charge >= 0.3 is 0 Å². The summed E-state index contributed by atoms with van der Waals surface area (Å²) in [6.45, 7) is 5.48. The van der Waals surface area contributed by atoms with E-state index in [1.54, 1.807) is 11.0 Å². The van der Waals surface area contributed by atoms with E-state index in [2.05, 4.69) is 29.2 Å². The molecule has 6 nitrogen and oxygen atoms in total. The van der Waals surface area contributed by atoms with Crippen LogP contribution in [0.1, 0.15) is 26.7 Å². The van der Waals surface area contributed by atoms with Crippen molar-refractivity contribution in [3.8, 4) is 5.75 Å². The fourth-order valence-corrected chi connectivity index (χ4v) is 1.91. The zero-order chi connectivity index (χ0) is 15.8. The largest absolute Gasteiger partial charge is 0.491 e. The van der Waals surface area contributed by atoms with Crippen LogP contribution in [0.5, 0.6) is 5.75 Å². The Balaban J connectivity index is 1.82. The number of nitrogens with zero attached hydrogens (tertiary/aromatic N) is 3. The summed E-state index contributed by atoms with van der Waals surface area (Å²) >= 11 is 0. The minimum atomic E-state index is -0.0271. The molecule has 0 bridgehead atoms. The lowest BCUT2D eigenvalue weighted by molar-refractivity contribution is -0.116. The molecule has 1 aromatic carbocycles. The predicted octanol–water partition coefficient (Wildman–Crippen LogP) is 2.73. The van der Waals surface area contributed by atoms with E-state index in [0.29, 0.717) is 43.3 Å². The first kappa shape index (κ1) is 16.0. The molecule has 0 spiro atoms. The Morgan fingerprint density at radius 1 is 1.36 bits per heavy atom. The van der Waals surface area contributed by atoms with Gasteiger partial charge in [0.25, 0.3) is 0 Å². The first-order chi connectivity index (χ1) is 10.6. The summed E-state index contributed by atoms with van der Waals surface area (Å²) in [6, 6.07) is 7.50. The Bertz CT molecular complexity index is 582. The van der Waals surface area contributed by atoms with E-state index < -0.39 is 0 Å². The van der Waals surface area contributed by atoms with Crippen molar-refractivity contribution in [2.45, 2.75) is 33.2 Å². The third-order valence-corrected chi connectivity index (χ3v) is 2.99. The van der Waals surface area contributed by atoms with Crippen molar-refractivity contribution in [2.24, 2.45) is 5.92 Å². The Hall–Kier alpha value is -2.37. The van der Waals surface area contributed by atoms with Crippen LogP contribution in [0.15, 0.2) is 36.9 Å². The van der Waals surface area contributed by atoms with Gasteiger partial charge in [0.1, 0.15) is 18.4 Å². The second-order valence-corrected chi connectivity index (χ2v) is 5.51. The first-order valence-corrected chi connectivity index (χ1v) is 7.49. The molecule has 1 amide bonds. The van der Waals surface area contributed by atoms with Crippen molar-refractivity contribution in [1.82, 2.24) is 14.8 Å². The van der Waals surface area contributed by atoms with Crippen molar-refractivity contribution in [3.05, 3.63) is 36.9 Å². The van der Waals surface area contributed by atoms with E-state index in [1.165, 1.54) is 6.33 Å². The van der Waals surface area contributed by atoms with E-state index in [4.69, 9.17) is 4.74 Å². The zero-order valence-electron chi connectivity index (χ0n) is 13.0. The molecule has 0 aliphatic carbocycles. The normalized spacial score (nSPS) is 10.7. The number of benzene rings is 1. The third kappa shape index (κ3) is 5.20. The van der Waals surface area contributed by atoms with Gasteiger partial charge in [0.15, 0.2) is 0 Å². The van der Waals surface area contributed by atoms with Crippen LogP contribution in [0.2, 0.25) is 0 Å². The molecule has 2 rings (SSSR count). The highest BCUT2D eigenvalue weighted by Gasteiger charge is 2.08. The van der Waals surface area contributed by atoms with Crippen molar-refractivity contribution >= 4 is 11.6 Å². The summed E-state index contributed by atoms with van der Waals surface area (Å²) < 4.78 is 7.44. The fraction of sp³-hybridized carbons (Fsp3) is 0.438. The minimum absolute atomic E-state index is 0.0271. The first-order valence-electron chi connectivity index (χ1n) is 7.49. The summed E-state index contributed by atoms with van der Waals surface area (Å²) in [5, 5.41) is 6.91. The third-order valence-electron chi connectivity index (χ3n) is 2.99. The Labute approximate surface area is 130 Å². The fourth-order valence-electron chi connectivity index (χ4n) is 1.91. The van der Waals surface area contributed by atoms with Gasteiger partial charge in [0.2, 0.25) is 5.91 Å². The molecule has 0 aliphatic heterocycles. The van der Waals surface area contributed by atoms with Gasteiger partial charge in [-0.25, -0.2) is 4.98 Å². The van der Waals surface area contributed by atoms with Gasteiger partial charge in [-0.2, -0.15) is 5.10 Å². The maximum Gasteiger partial charge on any atom is 0.224 e. The Kier molecular flexibility index (Phi) is 5.94. The average Bonchev–Trinajstić information content (AvgIpc) is 2.99. The topological polar surface area (TPSA) is 69.0 Å². The van der Waals surface area contributed by atoms with E-state index in [0.717, 1.165) is 0 Å². The molecule has 0 saturated heterocycles. The molecule has 0 atom stereocenters. The number of aryl methyl sites for hydroxylation is 1. The number of anilines is 1. The van der Waals surface area contributed by atoms with Gasteiger partial charge in [0.05, 0.1) is 12.3 Å². The molecular formula is C16H22N4O2. The summed E-state index contributed by atoms with van der Waals surface area (Å²) in [5.74, 6) is 1.12. The quantitative estimate of drug-likeness (QED) is 0.814. The summed E-state index contributed by atoms with van der Waals surface area (Å²) in [6.07, 6.45) is 4.28. The number of carbonyl (C=O) groups is 1. The van der Waals surface area contributed by atoms with Gasteiger partial charge < -0.3 is 10.1 Å². The highest BCUT2D eigenvalue weighted by molar-refractivity contribution is 5.92. The highest BCUT2D eigenvalue weighted by Crippen LogP contribution is 2.24. The number of para-hydroxylation sites is 2. The monoisotopic (exact) mass is 302 g/mol. The van der Waals surface area contributed by atoms with Gasteiger partial charge in [0, 0.05) is 13.0 Å². The van der Waals surface area contributed by atoms with Crippen LogP contribution >= 0.6 is 0 Å². The number of hydrogen-bond acceptors (Lipinski definition) is 4. The van der Waals surface area contributed by atoms with E-state index in [-0.39, 0.29) is 5.91 Å².